The minimum absolute atomic E-state index is 0.00336. The highest BCUT2D eigenvalue weighted by atomic mass is 35.5. The van der Waals surface area contributed by atoms with E-state index in [4.69, 9.17) is 23.8 Å². The van der Waals surface area contributed by atoms with Crippen LogP contribution in [0.25, 0.3) is 6.08 Å². The molecule has 0 saturated heterocycles. The molecule has 0 bridgehead atoms. The second-order valence-electron chi connectivity index (χ2n) is 4.76. The van der Waals surface area contributed by atoms with Crippen LogP contribution in [-0.2, 0) is 4.79 Å². The Bertz CT molecular complexity index is 873. The number of amides is 1. The van der Waals surface area contributed by atoms with Crippen molar-refractivity contribution in [2.24, 2.45) is 0 Å². The summed E-state index contributed by atoms with van der Waals surface area (Å²) >= 11 is 10.6. The molecule has 0 radical (unpaired) electrons. The zero-order chi connectivity index (χ0) is 18.4. The van der Waals surface area contributed by atoms with Gasteiger partial charge in [-0.25, -0.2) is 4.39 Å². The summed E-state index contributed by atoms with van der Waals surface area (Å²) in [6.07, 6.45) is 2.60. The first kappa shape index (κ1) is 18.5. The number of carbonyl (C=O) groups is 1. The Hall–Kier alpha value is -2.84. The lowest BCUT2D eigenvalue weighted by Gasteiger charge is -2.08. The SMILES string of the molecule is O=C(/C=C/c1cccc([N+](=O)[O-])c1)NC(=S)Nc1ccc(F)c(Cl)c1. The number of nitrogens with one attached hydrogen (secondary N) is 2. The zero-order valence-corrected chi connectivity index (χ0v) is 14.1. The fourth-order valence-corrected chi connectivity index (χ4v) is 2.20. The van der Waals surface area contributed by atoms with Crippen LogP contribution in [0.3, 0.4) is 0 Å². The van der Waals surface area contributed by atoms with Gasteiger partial charge in [0.15, 0.2) is 5.11 Å². The van der Waals surface area contributed by atoms with Gasteiger partial charge in [-0.3, -0.25) is 20.2 Å². The highest BCUT2D eigenvalue weighted by Gasteiger charge is 2.06. The molecule has 128 valence electrons. The average Bonchev–Trinajstić information content (AvgIpc) is 2.56. The maximum atomic E-state index is 13.1. The van der Waals surface area contributed by atoms with Crippen LogP contribution < -0.4 is 10.6 Å². The molecule has 6 nitrogen and oxygen atoms in total. The van der Waals surface area contributed by atoms with Crippen LogP contribution >= 0.6 is 23.8 Å². The first-order valence-electron chi connectivity index (χ1n) is 6.85. The van der Waals surface area contributed by atoms with Crippen molar-refractivity contribution in [2.45, 2.75) is 0 Å². The van der Waals surface area contributed by atoms with Crippen LogP contribution in [0.4, 0.5) is 15.8 Å². The predicted molar refractivity (Wildman–Crippen MR) is 97.9 cm³/mol. The van der Waals surface area contributed by atoms with E-state index in [1.807, 2.05) is 0 Å². The van der Waals surface area contributed by atoms with Crippen LogP contribution in [0, 0.1) is 15.9 Å². The van der Waals surface area contributed by atoms with Crippen LogP contribution in [0.1, 0.15) is 5.56 Å². The van der Waals surface area contributed by atoms with Crippen molar-refractivity contribution in [2.75, 3.05) is 5.32 Å². The number of anilines is 1. The highest BCUT2D eigenvalue weighted by molar-refractivity contribution is 7.80. The van der Waals surface area contributed by atoms with Gasteiger partial charge in [-0.1, -0.05) is 23.7 Å². The molecule has 0 fully saturated rings. The van der Waals surface area contributed by atoms with Crippen molar-refractivity contribution in [3.05, 3.63) is 75.1 Å². The fourth-order valence-electron chi connectivity index (χ4n) is 1.80. The quantitative estimate of drug-likeness (QED) is 0.364. The van der Waals surface area contributed by atoms with E-state index in [-0.39, 0.29) is 15.8 Å². The van der Waals surface area contributed by atoms with Crippen LogP contribution in [-0.4, -0.2) is 15.9 Å². The molecule has 0 atom stereocenters. The van der Waals surface area contributed by atoms with E-state index < -0.39 is 16.6 Å². The van der Waals surface area contributed by atoms with Gasteiger partial charge in [-0.2, -0.15) is 0 Å². The molecule has 0 heterocycles. The highest BCUT2D eigenvalue weighted by Crippen LogP contribution is 2.19. The molecule has 0 aliphatic heterocycles. The number of rotatable bonds is 4. The standard InChI is InChI=1S/C16H11ClFN3O3S/c17-13-9-11(5-6-14(13)18)19-16(25)20-15(22)7-4-10-2-1-3-12(8-10)21(23)24/h1-9H,(H2,19,20,22,25)/b7-4+. The molecule has 0 unspecified atom stereocenters. The summed E-state index contributed by atoms with van der Waals surface area (Å²) in [4.78, 5) is 22.0. The van der Waals surface area contributed by atoms with E-state index in [0.717, 1.165) is 6.07 Å². The van der Waals surface area contributed by atoms with Crippen LogP contribution in [0.15, 0.2) is 48.5 Å². The number of nitro groups is 1. The summed E-state index contributed by atoms with van der Waals surface area (Å²) in [5.41, 5.74) is 0.834. The lowest BCUT2D eigenvalue weighted by Crippen LogP contribution is -2.32. The van der Waals surface area contributed by atoms with Gasteiger partial charge in [0.1, 0.15) is 5.82 Å². The van der Waals surface area contributed by atoms with Crippen LogP contribution in [0.5, 0.6) is 0 Å². The number of nitrogens with zero attached hydrogens (tertiary/aromatic N) is 1. The molecule has 1 amide bonds. The van der Waals surface area contributed by atoms with Gasteiger partial charge >= 0.3 is 0 Å². The maximum Gasteiger partial charge on any atom is 0.270 e. The maximum absolute atomic E-state index is 13.1. The second-order valence-corrected chi connectivity index (χ2v) is 5.57. The molecule has 25 heavy (non-hydrogen) atoms. The summed E-state index contributed by atoms with van der Waals surface area (Å²) < 4.78 is 13.1. The Labute approximate surface area is 152 Å². The minimum atomic E-state index is -0.568. The molecular formula is C16H11ClFN3O3S. The molecule has 0 aliphatic carbocycles. The number of non-ortho nitro benzene ring substituents is 1. The topological polar surface area (TPSA) is 84.3 Å². The summed E-state index contributed by atoms with van der Waals surface area (Å²) in [6.45, 7) is 0. The van der Waals surface area contributed by atoms with Crippen molar-refractivity contribution in [3.8, 4) is 0 Å². The summed E-state index contributed by atoms with van der Waals surface area (Å²) in [6, 6.07) is 9.73. The van der Waals surface area contributed by atoms with E-state index in [9.17, 15) is 19.3 Å². The Kier molecular flexibility index (Phi) is 6.15. The van der Waals surface area contributed by atoms with E-state index >= 15 is 0 Å². The third-order valence-corrected chi connectivity index (χ3v) is 3.42. The molecule has 9 heteroatoms. The number of halogens is 2. The average molecular weight is 380 g/mol. The molecule has 0 aliphatic rings. The first-order chi connectivity index (χ1) is 11.8. The Morgan fingerprint density at radius 2 is 2.04 bits per heavy atom. The summed E-state index contributed by atoms with van der Waals surface area (Å²) in [5.74, 6) is -1.10. The van der Waals surface area contributed by atoms with Gasteiger partial charge in [0.25, 0.3) is 5.69 Å². The number of hydrogen-bond acceptors (Lipinski definition) is 4. The first-order valence-corrected chi connectivity index (χ1v) is 7.63. The molecule has 2 aromatic carbocycles. The fraction of sp³-hybridized carbons (Fsp3) is 0. The lowest BCUT2D eigenvalue weighted by molar-refractivity contribution is -0.384. The number of nitro benzene ring substituents is 1. The smallest absolute Gasteiger partial charge is 0.270 e. The molecule has 0 saturated carbocycles. The summed E-state index contributed by atoms with van der Waals surface area (Å²) in [7, 11) is 0. The monoisotopic (exact) mass is 379 g/mol. The van der Waals surface area contributed by atoms with Gasteiger partial charge in [0.2, 0.25) is 5.91 Å². The lowest BCUT2D eigenvalue weighted by atomic mass is 10.2. The Morgan fingerprint density at radius 1 is 1.28 bits per heavy atom. The van der Waals surface area contributed by atoms with E-state index in [0.29, 0.717) is 11.3 Å². The van der Waals surface area contributed by atoms with Gasteiger partial charge in [-0.05, 0) is 42.1 Å². The molecular weight excluding hydrogens is 369 g/mol. The number of benzene rings is 2. The number of hydrogen-bond donors (Lipinski definition) is 2. The third kappa shape index (κ3) is 5.63. The van der Waals surface area contributed by atoms with Crippen molar-refractivity contribution in [3.63, 3.8) is 0 Å². The molecule has 0 spiro atoms. The molecule has 0 aromatic heterocycles. The molecule has 2 N–H and O–H groups in total. The Morgan fingerprint density at radius 3 is 2.72 bits per heavy atom. The minimum Gasteiger partial charge on any atom is -0.332 e. The third-order valence-electron chi connectivity index (χ3n) is 2.92. The number of carbonyl (C=O) groups excluding carboxylic acids is 1. The summed E-state index contributed by atoms with van der Waals surface area (Å²) in [5, 5.41) is 15.7. The van der Waals surface area contributed by atoms with Crippen LogP contribution in [0.2, 0.25) is 5.02 Å². The van der Waals surface area contributed by atoms with E-state index in [1.165, 1.54) is 42.5 Å². The van der Waals surface area contributed by atoms with Crippen molar-refractivity contribution >= 4 is 52.3 Å². The number of thiocarbonyl (C=S) groups is 1. The zero-order valence-electron chi connectivity index (χ0n) is 12.5. The van der Waals surface area contributed by atoms with Gasteiger partial charge in [0.05, 0.1) is 9.95 Å². The Balaban J connectivity index is 1.94. The molecule has 2 rings (SSSR count). The normalized spacial score (nSPS) is 10.5. The van der Waals surface area contributed by atoms with E-state index in [1.54, 1.807) is 6.07 Å². The molecule has 2 aromatic rings. The van der Waals surface area contributed by atoms with Gasteiger partial charge < -0.3 is 5.32 Å². The van der Waals surface area contributed by atoms with Gasteiger partial charge in [-0.15, -0.1) is 0 Å². The van der Waals surface area contributed by atoms with Crippen molar-refractivity contribution in [1.29, 1.82) is 0 Å². The second kappa shape index (κ2) is 8.32. The van der Waals surface area contributed by atoms with Gasteiger partial charge in [0, 0.05) is 23.9 Å². The van der Waals surface area contributed by atoms with E-state index in [2.05, 4.69) is 10.6 Å². The predicted octanol–water partition coefficient (Wildman–Crippen LogP) is 3.91. The van der Waals surface area contributed by atoms with Crippen molar-refractivity contribution < 1.29 is 14.1 Å². The largest absolute Gasteiger partial charge is 0.332 e. The van der Waals surface area contributed by atoms with Crippen molar-refractivity contribution in [1.82, 2.24) is 5.32 Å².